The highest BCUT2D eigenvalue weighted by Crippen LogP contribution is 2.24. The minimum absolute atomic E-state index is 0.0638. The predicted molar refractivity (Wildman–Crippen MR) is 82.9 cm³/mol. The maximum absolute atomic E-state index is 6.21. The number of halogens is 1. The minimum Gasteiger partial charge on any atom is -0.497 e. The van der Waals surface area contributed by atoms with Gasteiger partial charge in [-0.25, -0.2) is 4.98 Å². The minimum atomic E-state index is 0.0638. The number of thiazole rings is 1. The number of aryl methyl sites for hydroxylation is 1. The van der Waals surface area contributed by atoms with Crippen LogP contribution in [0.2, 0.25) is 0 Å². The van der Waals surface area contributed by atoms with E-state index >= 15 is 0 Å². The Labute approximate surface area is 125 Å². The van der Waals surface area contributed by atoms with E-state index in [1.165, 1.54) is 5.56 Å². The topological polar surface area (TPSA) is 48.1 Å². The summed E-state index contributed by atoms with van der Waals surface area (Å²) in [5.74, 6) is 0.857. The van der Waals surface area contributed by atoms with Gasteiger partial charge in [-0.15, -0.1) is 11.3 Å². The zero-order valence-corrected chi connectivity index (χ0v) is 13.4. The Hall–Kier alpha value is -0.910. The molecule has 1 aromatic carbocycles. The van der Waals surface area contributed by atoms with Crippen molar-refractivity contribution in [3.63, 3.8) is 0 Å². The second-order valence-electron chi connectivity index (χ2n) is 4.51. The molecule has 0 saturated heterocycles. The van der Waals surface area contributed by atoms with Gasteiger partial charge >= 0.3 is 0 Å². The summed E-state index contributed by atoms with van der Waals surface area (Å²) in [6, 6.07) is 6.02. The molecule has 0 saturated carbocycles. The normalized spacial score (nSPS) is 12.4. The molecule has 1 aromatic heterocycles. The predicted octanol–water partition coefficient (Wildman–Crippen LogP) is 3.34. The SMILES string of the molecule is COc1ccc(Br)c(CC(N)Cc2nc(C)cs2)c1. The third-order valence-corrected chi connectivity index (χ3v) is 4.60. The molecule has 102 valence electrons. The van der Waals surface area contributed by atoms with Crippen LogP contribution in [-0.4, -0.2) is 18.1 Å². The number of nitrogens with two attached hydrogens (primary N) is 1. The van der Waals surface area contributed by atoms with Crippen LogP contribution >= 0.6 is 27.3 Å². The number of ether oxygens (including phenoxy) is 1. The molecule has 2 N–H and O–H groups in total. The monoisotopic (exact) mass is 340 g/mol. The van der Waals surface area contributed by atoms with Crippen molar-refractivity contribution in [1.29, 1.82) is 0 Å². The molecule has 1 heterocycles. The summed E-state index contributed by atoms with van der Waals surface area (Å²) in [5.41, 5.74) is 8.44. The van der Waals surface area contributed by atoms with Crippen LogP contribution in [0.1, 0.15) is 16.3 Å². The van der Waals surface area contributed by atoms with Crippen molar-refractivity contribution >= 4 is 27.3 Å². The van der Waals surface area contributed by atoms with Gasteiger partial charge in [0.05, 0.1) is 12.1 Å². The van der Waals surface area contributed by atoms with E-state index in [0.717, 1.165) is 33.8 Å². The van der Waals surface area contributed by atoms with E-state index in [-0.39, 0.29) is 6.04 Å². The zero-order valence-electron chi connectivity index (χ0n) is 11.0. The quantitative estimate of drug-likeness (QED) is 0.907. The van der Waals surface area contributed by atoms with Gasteiger partial charge in [0.2, 0.25) is 0 Å². The number of methoxy groups -OCH3 is 1. The Bertz CT molecular complexity index is 556. The van der Waals surface area contributed by atoms with Gasteiger partial charge in [-0.3, -0.25) is 0 Å². The molecule has 0 aliphatic rings. The first-order chi connectivity index (χ1) is 9.08. The molecule has 3 nitrogen and oxygen atoms in total. The van der Waals surface area contributed by atoms with Crippen LogP contribution in [0.4, 0.5) is 0 Å². The molecule has 0 amide bonds. The smallest absolute Gasteiger partial charge is 0.119 e. The summed E-state index contributed by atoms with van der Waals surface area (Å²) in [6.07, 6.45) is 1.61. The number of nitrogens with zero attached hydrogens (tertiary/aromatic N) is 1. The van der Waals surface area contributed by atoms with Crippen LogP contribution in [0.5, 0.6) is 5.75 Å². The van der Waals surface area contributed by atoms with Crippen LogP contribution in [0, 0.1) is 6.92 Å². The Morgan fingerprint density at radius 2 is 2.21 bits per heavy atom. The molecule has 0 aliphatic heterocycles. The van der Waals surface area contributed by atoms with Crippen LogP contribution < -0.4 is 10.5 Å². The third-order valence-electron chi connectivity index (χ3n) is 2.84. The van der Waals surface area contributed by atoms with Crippen molar-refractivity contribution in [2.45, 2.75) is 25.8 Å². The molecule has 5 heteroatoms. The number of hydrogen-bond acceptors (Lipinski definition) is 4. The van der Waals surface area contributed by atoms with Gasteiger partial charge in [0.15, 0.2) is 0 Å². The lowest BCUT2D eigenvalue weighted by Crippen LogP contribution is -2.25. The number of aromatic nitrogens is 1. The maximum Gasteiger partial charge on any atom is 0.119 e. The van der Waals surface area contributed by atoms with E-state index in [1.807, 2.05) is 25.1 Å². The van der Waals surface area contributed by atoms with E-state index in [0.29, 0.717) is 0 Å². The van der Waals surface area contributed by atoms with Crippen LogP contribution in [-0.2, 0) is 12.8 Å². The maximum atomic E-state index is 6.21. The molecule has 0 radical (unpaired) electrons. The lowest BCUT2D eigenvalue weighted by molar-refractivity contribution is 0.414. The second kappa shape index (κ2) is 6.50. The van der Waals surface area contributed by atoms with Gasteiger partial charge in [-0.2, -0.15) is 0 Å². The molecule has 2 aromatic rings. The van der Waals surface area contributed by atoms with Crippen molar-refractivity contribution in [2.75, 3.05) is 7.11 Å². The number of hydrogen-bond donors (Lipinski definition) is 1. The fraction of sp³-hybridized carbons (Fsp3) is 0.357. The summed E-state index contributed by atoms with van der Waals surface area (Å²) in [7, 11) is 1.67. The van der Waals surface area contributed by atoms with Crippen molar-refractivity contribution in [2.24, 2.45) is 5.73 Å². The molecule has 0 aliphatic carbocycles. The Balaban J connectivity index is 2.03. The third kappa shape index (κ3) is 4.03. The second-order valence-corrected chi connectivity index (χ2v) is 6.31. The standard InChI is InChI=1S/C14H17BrN2OS/c1-9-8-19-14(17-9)7-11(16)5-10-6-12(18-2)3-4-13(10)15/h3-4,6,8,11H,5,7,16H2,1-2H3. The molecular formula is C14H17BrN2OS. The average molecular weight is 341 g/mol. The van der Waals surface area contributed by atoms with Gasteiger partial charge in [-0.05, 0) is 37.1 Å². The van der Waals surface area contributed by atoms with Crippen molar-refractivity contribution in [3.05, 3.63) is 44.3 Å². The molecule has 1 atom stereocenters. The fourth-order valence-electron chi connectivity index (χ4n) is 1.91. The molecule has 2 rings (SSSR count). The highest BCUT2D eigenvalue weighted by Gasteiger charge is 2.11. The molecule has 19 heavy (non-hydrogen) atoms. The highest BCUT2D eigenvalue weighted by atomic mass is 79.9. The van der Waals surface area contributed by atoms with E-state index in [1.54, 1.807) is 18.4 Å². The Morgan fingerprint density at radius 3 is 2.84 bits per heavy atom. The van der Waals surface area contributed by atoms with Crippen LogP contribution in [0.15, 0.2) is 28.1 Å². The summed E-state index contributed by atoms with van der Waals surface area (Å²) < 4.78 is 6.31. The molecule has 0 fully saturated rings. The summed E-state index contributed by atoms with van der Waals surface area (Å²) >= 11 is 5.23. The highest BCUT2D eigenvalue weighted by molar-refractivity contribution is 9.10. The van der Waals surface area contributed by atoms with Gasteiger partial charge in [0.1, 0.15) is 5.75 Å². The van der Waals surface area contributed by atoms with E-state index < -0.39 is 0 Å². The van der Waals surface area contributed by atoms with Gasteiger partial charge in [0, 0.05) is 28.0 Å². The summed E-state index contributed by atoms with van der Waals surface area (Å²) in [4.78, 5) is 4.45. The van der Waals surface area contributed by atoms with Crippen molar-refractivity contribution in [3.8, 4) is 5.75 Å². The largest absolute Gasteiger partial charge is 0.497 e. The van der Waals surface area contributed by atoms with Gasteiger partial charge in [0.25, 0.3) is 0 Å². The molecule has 1 unspecified atom stereocenters. The van der Waals surface area contributed by atoms with Crippen molar-refractivity contribution in [1.82, 2.24) is 4.98 Å². The van der Waals surface area contributed by atoms with Crippen molar-refractivity contribution < 1.29 is 4.74 Å². The number of rotatable bonds is 5. The molecule has 0 spiro atoms. The van der Waals surface area contributed by atoms with Gasteiger partial charge in [-0.1, -0.05) is 15.9 Å². The van der Waals surface area contributed by atoms with E-state index in [4.69, 9.17) is 10.5 Å². The van der Waals surface area contributed by atoms with Gasteiger partial charge < -0.3 is 10.5 Å². The molecular weight excluding hydrogens is 324 g/mol. The lowest BCUT2D eigenvalue weighted by atomic mass is 10.0. The zero-order chi connectivity index (χ0) is 13.8. The first kappa shape index (κ1) is 14.5. The lowest BCUT2D eigenvalue weighted by Gasteiger charge is -2.12. The first-order valence-corrected chi connectivity index (χ1v) is 7.74. The van der Waals surface area contributed by atoms with E-state index in [9.17, 15) is 0 Å². The Kier molecular flexibility index (Phi) is 4.96. The average Bonchev–Trinajstić information content (AvgIpc) is 2.77. The number of benzene rings is 1. The first-order valence-electron chi connectivity index (χ1n) is 6.07. The molecule has 0 bridgehead atoms. The van der Waals surface area contributed by atoms with E-state index in [2.05, 4.69) is 26.3 Å². The fourth-order valence-corrected chi connectivity index (χ4v) is 3.18. The summed E-state index contributed by atoms with van der Waals surface area (Å²) in [6.45, 7) is 2.00. The Morgan fingerprint density at radius 1 is 1.42 bits per heavy atom. The summed E-state index contributed by atoms with van der Waals surface area (Å²) in [5, 5.41) is 3.16. The van der Waals surface area contributed by atoms with Crippen LogP contribution in [0.3, 0.4) is 0 Å². The van der Waals surface area contributed by atoms with Crippen LogP contribution in [0.25, 0.3) is 0 Å².